The summed E-state index contributed by atoms with van der Waals surface area (Å²) in [6.07, 6.45) is 3.89. The summed E-state index contributed by atoms with van der Waals surface area (Å²) in [5.41, 5.74) is 10.9. The number of fused-ring (bicyclic) bond motifs is 2. The molecule has 190 valence electrons. The Morgan fingerprint density at radius 1 is 1.22 bits per heavy atom. The van der Waals surface area contributed by atoms with Gasteiger partial charge in [-0.1, -0.05) is 0 Å². The Kier molecular flexibility index (Phi) is 5.98. The molecule has 0 radical (unpaired) electrons. The Balaban J connectivity index is 1.66. The molecular formula is C29H30N4O4. The molecule has 8 nitrogen and oxygen atoms in total. The average Bonchev–Trinajstić information content (AvgIpc) is 3.23. The first-order valence-electron chi connectivity index (χ1n) is 12.3. The molecule has 8 heteroatoms. The quantitative estimate of drug-likeness (QED) is 0.418. The van der Waals surface area contributed by atoms with Gasteiger partial charge in [-0.15, -0.1) is 0 Å². The van der Waals surface area contributed by atoms with Gasteiger partial charge in [-0.3, -0.25) is 19.3 Å². The Morgan fingerprint density at radius 3 is 2.70 bits per heavy atom. The molecule has 0 fully saturated rings. The number of nitrogens with two attached hydrogens (primary N) is 1. The van der Waals surface area contributed by atoms with Gasteiger partial charge in [-0.25, -0.2) is 0 Å². The summed E-state index contributed by atoms with van der Waals surface area (Å²) in [6, 6.07) is 7.71. The van der Waals surface area contributed by atoms with Crippen molar-refractivity contribution >= 4 is 33.5 Å². The zero-order valence-corrected chi connectivity index (χ0v) is 21.9. The summed E-state index contributed by atoms with van der Waals surface area (Å²) in [5, 5.41) is 5.98. The normalized spacial score (nSPS) is 16.5. The lowest BCUT2D eigenvalue weighted by molar-refractivity contribution is -0.112. The first-order chi connectivity index (χ1) is 17.5. The summed E-state index contributed by atoms with van der Waals surface area (Å²) in [7, 11) is 1.88. The van der Waals surface area contributed by atoms with E-state index in [2.05, 4.69) is 10.1 Å². The molecule has 4 aromatic rings. The molecule has 0 bridgehead atoms. The Hall–Kier alpha value is -4.20. The fraction of sp³-hybridized carbons (Fsp3) is 0.310. The van der Waals surface area contributed by atoms with Crippen LogP contribution in [0.25, 0.3) is 33.2 Å². The number of aromatic nitrogens is 2. The molecule has 2 aromatic heterocycles. The van der Waals surface area contributed by atoms with E-state index in [0.29, 0.717) is 40.0 Å². The molecule has 2 aromatic carbocycles. The second kappa shape index (κ2) is 9.03. The zero-order chi connectivity index (χ0) is 26.6. The molecule has 0 saturated carbocycles. The highest BCUT2D eigenvalue weighted by molar-refractivity contribution is 6.44. The van der Waals surface area contributed by atoms with Crippen molar-refractivity contribution in [1.29, 1.82) is 0 Å². The topological polar surface area (TPSA) is 113 Å². The Morgan fingerprint density at radius 2 is 1.97 bits per heavy atom. The predicted octanol–water partition coefficient (Wildman–Crippen LogP) is 4.95. The fourth-order valence-corrected chi connectivity index (χ4v) is 4.96. The molecule has 0 spiro atoms. The number of aliphatic imine (C=N–C) groups is 1. The van der Waals surface area contributed by atoms with Crippen LogP contribution in [0.4, 0.5) is 0 Å². The standard InChI is InChI=1S/C29H30N4O4/c1-14-9-21(18(5)36-23-8-7-16(3)31-25(23)29(30)35)28-22(10-14)26(34)17(4)27(37-28)19-11-15(2)24-20(12-19)13-33(6)32-24/h8-13,16,18H,7H2,1-6H3,(H2,30,35)/t16?,18-/m1/s1. The largest absolute Gasteiger partial charge is 0.484 e. The van der Waals surface area contributed by atoms with Gasteiger partial charge in [0.1, 0.15) is 23.2 Å². The SMILES string of the molecule is Cc1cc([C@@H](C)OC2=CCC(C)N=C2C(N)=O)c2oc(-c3cc(C)c4nn(C)cc4c3)c(C)c(=O)c2c1. The van der Waals surface area contributed by atoms with Crippen LogP contribution < -0.4 is 11.2 Å². The number of rotatable bonds is 5. The number of aryl methyl sites for hydroxylation is 3. The second-order valence-electron chi connectivity index (χ2n) is 9.91. The molecule has 1 aliphatic heterocycles. The van der Waals surface area contributed by atoms with Crippen molar-refractivity contribution < 1.29 is 13.9 Å². The summed E-state index contributed by atoms with van der Waals surface area (Å²) in [5.74, 6) is 0.221. The third-order valence-corrected chi connectivity index (χ3v) is 6.77. The lowest BCUT2D eigenvalue weighted by Crippen LogP contribution is -2.30. The van der Waals surface area contributed by atoms with Crippen LogP contribution in [0, 0.1) is 20.8 Å². The molecule has 37 heavy (non-hydrogen) atoms. The van der Waals surface area contributed by atoms with E-state index >= 15 is 0 Å². The van der Waals surface area contributed by atoms with E-state index in [9.17, 15) is 9.59 Å². The number of nitrogens with zero attached hydrogens (tertiary/aromatic N) is 3. The number of hydrogen-bond donors (Lipinski definition) is 1. The van der Waals surface area contributed by atoms with E-state index < -0.39 is 12.0 Å². The number of amides is 1. The van der Waals surface area contributed by atoms with E-state index in [1.54, 1.807) is 11.6 Å². The summed E-state index contributed by atoms with van der Waals surface area (Å²) < 4.78 is 14.5. The third-order valence-electron chi connectivity index (χ3n) is 6.77. The van der Waals surface area contributed by atoms with Crippen LogP contribution >= 0.6 is 0 Å². The lowest BCUT2D eigenvalue weighted by atomic mass is 9.98. The van der Waals surface area contributed by atoms with Crippen LogP contribution in [0.15, 0.2) is 56.5 Å². The summed E-state index contributed by atoms with van der Waals surface area (Å²) >= 11 is 0. The lowest BCUT2D eigenvalue weighted by Gasteiger charge is -2.23. The highest BCUT2D eigenvalue weighted by atomic mass is 16.5. The van der Waals surface area contributed by atoms with Gasteiger partial charge in [-0.05, 0) is 82.5 Å². The van der Waals surface area contributed by atoms with Crippen LogP contribution in [0.5, 0.6) is 0 Å². The third kappa shape index (κ3) is 4.33. The second-order valence-corrected chi connectivity index (χ2v) is 9.91. The van der Waals surface area contributed by atoms with E-state index in [4.69, 9.17) is 14.9 Å². The number of benzene rings is 2. The van der Waals surface area contributed by atoms with Crippen LogP contribution in [0.3, 0.4) is 0 Å². The zero-order valence-electron chi connectivity index (χ0n) is 21.9. The van der Waals surface area contributed by atoms with Crippen molar-refractivity contribution in [2.75, 3.05) is 0 Å². The summed E-state index contributed by atoms with van der Waals surface area (Å²) in [4.78, 5) is 29.9. The first-order valence-corrected chi connectivity index (χ1v) is 12.3. The molecule has 3 heterocycles. The maximum absolute atomic E-state index is 13.6. The molecule has 2 N–H and O–H groups in total. The highest BCUT2D eigenvalue weighted by Gasteiger charge is 2.25. The molecule has 0 saturated heterocycles. The minimum absolute atomic E-state index is 0.0471. The van der Waals surface area contributed by atoms with Crippen molar-refractivity contribution in [3.63, 3.8) is 0 Å². The monoisotopic (exact) mass is 498 g/mol. The Bertz CT molecular complexity index is 1710. The van der Waals surface area contributed by atoms with Gasteiger partial charge in [0.05, 0.1) is 16.9 Å². The van der Waals surface area contributed by atoms with E-state index in [-0.39, 0.29) is 17.2 Å². The van der Waals surface area contributed by atoms with Gasteiger partial charge in [0.25, 0.3) is 5.91 Å². The van der Waals surface area contributed by atoms with Crippen LogP contribution in [-0.2, 0) is 16.6 Å². The number of carbonyl (C=O) groups excluding carboxylic acids is 1. The molecule has 0 aliphatic carbocycles. The van der Waals surface area contributed by atoms with Crippen molar-refractivity contribution in [3.8, 4) is 11.3 Å². The van der Waals surface area contributed by atoms with Crippen molar-refractivity contribution in [2.45, 2.75) is 53.2 Å². The Labute approximate surface area is 214 Å². The molecular weight excluding hydrogens is 468 g/mol. The number of dihydropyridines is 1. The average molecular weight is 499 g/mol. The molecule has 1 amide bonds. The molecule has 1 unspecified atom stereocenters. The van der Waals surface area contributed by atoms with Gasteiger partial charge in [0, 0.05) is 35.3 Å². The predicted molar refractivity (Wildman–Crippen MR) is 145 cm³/mol. The van der Waals surface area contributed by atoms with Crippen LogP contribution in [-0.4, -0.2) is 27.4 Å². The highest BCUT2D eigenvalue weighted by Crippen LogP contribution is 2.35. The first kappa shape index (κ1) is 24.5. The van der Waals surface area contributed by atoms with E-state index in [1.165, 1.54) is 0 Å². The molecule has 2 atom stereocenters. The minimum Gasteiger partial charge on any atom is -0.484 e. The number of carbonyl (C=O) groups is 1. The molecule has 5 rings (SSSR count). The number of primary amides is 1. The van der Waals surface area contributed by atoms with Gasteiger partial charge >= 0.3 is 0 Å². The maximum Gasteiger partial charge on any atom is 0.270 e. The minimum atomic E-state index is -0.635. The molecule has 1 aliphatic rings. The number of hydrogen-bond acceptors (Lipinski definition) is 6. The fourth-order valence-electron chi connectivity index (χ4n) is 4.96. The van der Waals surface area contributed by atoms with Crippen LogP contribution in [0.2, 0.25) is 0 Å². The van der Waals surface area contributed by atoms with E-state index in [0.717, 1.165) is 27.6 Å². The maximum atomic E-state index is 13.6. The smallest absolute Gasteiger partial charge is 0.270 e. The van der Waals surface area contributed by atoms with E-state index in [1.807, 2.05) is 71.3 Å². The number of ether oxygens (including phenoxy) is 1. The van der Waals surface area contributed by atoms with Crippen molar-refractivity contribution in [3.05, 3.63) is 74.8 Å². The van der Waals surface area contributed by atoms with Gasteiger partial charge in [-0.2, -0.15) is 5.10 Å². The summed E-state index contributed by atoms with van der Waals surface area (Å²) in [6.45, 7) is 9.48. The van der Waals surface area contributed by atoms with Crippen LogP contribution in [0.1, 0.15) is 48.6 Å². The van der Waals surface area contributed by atoms with Crippen molar-refractivity contribution in [1.82, 2.24) is 9.78 Å². The van der Waals surface area contributed by atoms with Gasteiger partial charge in [0.15, 0.2) is 11.1 Å². The van der Waals surface area contributed by atoms with Gasteiger partial charge in [0.2, 0.25) is 0 Å². The van der Waals surface area contributed by atoms with Gasteiger partial charge < -0.3 is 14.9 Å². The van der Waals surface area contributed by atoms with Crippen molar-refractivity contribution in [2.24, 2.45) is 17.8 Å².